The lowest BCUT2D eigenvalue weighted by Gasteiger charge is -2.10. The zero-order valence-corrected chi connectivity index (χ0v) is 11.1. The fourth-order valence-electron chi connectivity index (χ4n) is 1.76. The Labute approximate surface area is 104 Å². The Bertz CT molecular complexity index is 447. The minimum absolute atomic E-state index is 0.0919. The monoisotopic (exact) mass is 304 g/mol. The molecule has 1 aromatic rings. The van der Waals surface area contributed by atoms with Crippen LogP contribution in [0.3, 0.4) is 0 Å². The highest BCUT2D eigenvalue weighted by Gasteiger charge is 2.24. The first kappa shape index (κ1) is 12.1. The molecule has 0 amide bonds. The molecule has 2 rings (SSSR count). The average molecular weight is 305 g/mol. The van der Waals surface area contributed by atoms with Crippen LogP contribution in [0.4, 0.5) is 0 Å². The van der Waals surface area contributed by atoms with Crippen molar-refractivity contribution in [1.29, 1.82) is 0 Å². The van der Waals surface area contributed by atoms with Gasteiger partial charge in [0.25, 0.3) is 0 Å². The minimum Gasteiger partial charge on any atom is -0.377 e. The van der Waals surface area contributed by atoms with Gasteiger partial charge in [0.05, 0.1) is 16.8 Å². The zero-order chi connectivity index (χ0) is 11.6. The first-order valence-corrected chi connectivity index (χ1v) is 7.62. The Kier molecular flexibility index (Phi) is 3.66. The molecule has 1 atom stereocenters. The Morgan fingerprint density at radius 1 is 1.31 bits per heavy atom. The quantitative estimate of drug-likeness (QED) is 0.861. The van der Waals surface area contributed by atoms with Crippen LogP contribution in [0.25, 0.3) is 0 Å². The van der Waals surface area contributed by atoms with E-state index in [1.165, 1.54) is 0 Å². The molecule has 0 aromatic heterocycles. The van der Waals surface area contributed by atoms with Gasteiger partial charge in [0.1, 0.15) is 0 Å². The van der Waals surface area contributed by atoms with E-state index in [1.54, 1.807) is 24.3 Å². The predicted octanol–water partition coefficient (Wildman–Crippen LogP) is 2.40. The molecule has 88 valence electrons. The number of rotatable bonds is 3. The molecule has 0 unspecified atom stereocenters. The van der Waals surface area contributed by atoms with Gasteiger partial charge in [-0.1, -0.05) is 15.9 Å². The summed E-state index contributed by atoms with van der Waals surface area (Å²) >= 11 is 3.28. The average Bonchev–Trinajstić information content (AvgIpc) is 2.70. The van der Waals surface area contributed by atoms with Crippen LogP contribution in [0.1, 0.15) is 12.8 Å². The molecule has 0 bridgehead atoms. The van der Waals surface area contributed by atoms with Gasteiger partial charge >= 0.3 is 0 Å². The first-order valence-electron chi connectivity index (χ1n) is 5.18. The summed E-state index contributed by atoms with van der Waals surface area (Å²) in [5.74, 6) is 0.0919. The lowest BCUT2D eigenvalue weighted by atomic mass is 10.3. The molecule has 1 aliphatic heterocycles. The molecule has 1 saturated heterocycles. The van der Waals surface area contributed by atoms with Gasteiger partial charge in [0.15, 0.2) is 9.84 Å². The van der Waals surface area contributed by atoms with E-state index in [0.29, 0.717) is 11.5 Å². The molecule has 1 aliphatic rings. The van der Waals surface area contributed by atoms with Crippen LogP contribution < -0.4 is 0 Å². The molecular formula is C11H13BrO3S. The van der Waals surface area contributed by atoms with Crippen LogP contribution in [0.15, 0.2) is 33.6 Å². The van der Waals surface area contributed by atoms with Gasteiger partial charge in [-0.3, -0.25) is 0 Å². The number of hydrogen-bond acceptors (Lipinski definition) is 3. The number of hydrogen-bond donors (Lipinski definition) is 0. The molecule has 1 aromatic carbocycles. The number of benzene rings is 1. The van der Waals surface area contributed by atoms with Crippen LogP contribution in [0, 0.1) is 0 Å². The second-order valence-electron chi connectivity index (χ2n) is 3.87. The highest BCUT2D eigenvalue weighted by Crippen LogP contribution is 2.20. The topological polar surface area (TPSA) is 43.4 Å². The van der Waals surface area contributed by atoms with Gasteiger partial charge in [0, 0.05) is 11.1 Å². The Balaban J connectivity index is 2.14. The van der Waals surface area contributed by atoms with Gasteiger partial charge in [0.2, 0.25) is 0 Å². The maximum Gasteiger partial charge on any atom is 0.180 e. The molecule has 5 heteroatoms. The molecule has 16 heavy (non-hydrogen) atoms. The van der Waals surface area contributed by atoms with Gasteiger partial charge < -0.3 is 4.74 Å². The Morgan fingerprint density at radius 3 is 2.56 bits per heavy atom. The van der Waals surface area contributed by atoms with Crippen molar-refractivity contribution in [2.75, 3.05) is 12.4 Å². The summed E-state index contributed by atoms with van der Waals surface area (Å²) < 4.78 is 30.2. The van der Waals surface area contributed by atoms with E-state index in [1.807, 2.05) is 0 Å². The van der Waals surface area contributed by atoms with Crippen molar-refractivity contribution in [3.63, 3.8) is 0 Å². The van der Waals surface area contributed by atoms with E-state index in [0.717, 1.165) is 17.3 Å². The second kappa shape index (κ2) is 4.85. The van der Waals surface area contributed by atoms with E-state index in [2.05, 4.69) is 15.9 Å². The van der Waals surface area contributed by atoms with E-state index in [9.17, 15) is 8.42 Å². The van der Waals surface area contributed by atoms with Crippen LogP contribution in [-0.4, -0.2) is 26.9 Å². The summed E-state index contributed by atoms with van der Waals surface area (Å²) in [5, 5.41) is 0. The van der Waals surface area contributed by atoms with Crippen LogP contribution in [-0.2, 0) is 14.6 Å². The molecule has 1 heterocycles. The van der Waals surface area contributed by atoms with Gasteiger partial charge in [-0.2, -0.15) is 0 Å². The fraction of sp³-hybridized carbons (Fsp3) is 0.455. The van der Waals surface area contributed by atoms with Crippen LogP contribution in [0.2, 0.25) is 0 Å². The predicted molar refractivity (Wildman–Crippen MR) is 65.2 cm³/mol. The molecule has 3 nitrogen and oxygen atoms in total. The van der Waals surface area contributed by atoms with Crippen LogP contribution >= 0.6 is 15.9 Å². The molecule has 0 saturated carbocycles. The molecule has 0 spiro atoms. The van der Waals surface area contributed by atoms with Crippen molar-refractivity contribution >= 4 is 25.8 Å². The summed E-state index contributed by atoms with van der Waals surface area (Å²) in [6.45, 7) is 0.681. The van der Waals surface area contributed by atoms with E-state index >= 15 is 0 Å². The molecule has 0 aliphatic carbocycles. The molecular weight excluding hydrogens is 292 g/mol. The smallest absolute Gasteiger partial charge is 0.180 e. The molecule has 0 N–H and O–H groups in total. The first-order chi connectivity index (χ1) is 7.58. The number of sulfone groups is 1. The standard InChI is InChI=1S/C11H13BrO3S/c12-9-3-5-11(6-4-9)16(13,14)8-10-2-1-7-15-10/h3-6,10H,1-2,7-8H2/t10-/m1/s1. The van der Waals surface area contributed by atoms with E-state index in [4.69, 9.17) is 4.74 Å². The van der Waals surface area contributed by atoms with Gasteiger partial charge in [-0.25, -0.2) is 8.42 Å². The maximum absolute atomic E-state index is 12.0. The Morgan fingerprint density at radius 2 is 2.00 bits per heavy atom. The van der Waals surface area contributed by atoms with Crippen molar-refractivity contribution in [1.82, 2.24) is 0 Å². The third kappa shape index (κ3) is 2.84. The van der Waals surface area contributed by atoms with Crippen molar-refractivity contribution < 1.29 is 13.2 Å². The van der Waals surface area contributed by atoms with Crippen molar-refractivity contribution in [3.8, 4) is 0 Å². The maximum atomic E-state index is 12.0. The van der Waals surface area contributed by atoms with E-state index in [-0.39, 0.29) is 11.9 Å². The number of ether oxygens (including phenoxy) is 1. The third-order valence-corrected chi connectivity index (χ3v) is 4.93. The highest BCUT2D eigenvalue weighted by atomic mass is 79.9. The summed E-state index contributed by atoms with van der Waals surface area (Å²) in [6, 6.07) is 6.72. The van der Waals surface area contributed by atoms with Crippen LogP contribution in [0.5, 0.6) is 0 Å². The lowest BCUT2D eigenvalue weighted by Crippen LogP contribution is -2.20. The van der Waals surface area contributed by atoms with E-state index < -0.39 is 9.84 Å². The summed E-state index contributed by atoms with van der Waals surface area (Å²) in [7, 11) is -3.21. The fourth-order valence-corrected chi connectivity index (χ4v) is 3.52. The summed E-state index contributed by atoms with van der Waals surface area (Å²) in [4.78, 5) is 0.367. The second-order valence-corrected chi connectivity index (χ2v) is 6.82. The van der Waals surface area contributed by atoms with Gasteiger partial charge in [-0.05, 0) is 37.1 Å². The van der Waals surface area contributed by atoms with Crippen molar-refractivity contribution in [2.24, 2.45) is 0 Å². The van der Waals surface area contributed by atoms with Crippen molar-refractivity contribution in [2.45, 2.75) is 23.8 Å². The molecule has 0 radical (unpaired) electrons. The summed E-state index contributed by atoms with van der Waals surface area (Å²) in [6.07, 6.45) is 1.67. The lowest BCUT2D eigenvalue weighted by molar-refractivity contribution is 0.127. The van der Waals surface area contributed by atoms with Gasteiger partial charge in [-0.15, -0.1) is 0 Å². The third-order valence-electron chi connectivity index (χ3n) is 2.60. The minimum atomic E-state index is -3.21. The number of halogens is 1. The summed E-state index contributed by atoms with van der Waals surface area (Å²) in [5.41, 5.74) is 0. The van der Waals surface area contributed by atoms with Crippen molar-refractivity contribution in [3.05, 3.63) is 28.7 Å². The molecule has 1 fully saturated rings. The normalized spacial score (nSPS) is 21.2. The highest BCUT2D eigenvalue weighted by molar-refractivity contribution is 9.10. The largest absolute Gasteiger partial charge is 0.377 e. The SMILES string of the molecule is O=S(=O)(C[C@H]1CCCO1)c1ccc(Br)cc1. The zero-order valence-electron chi connectivity index (χ0n) is 8.73. The Hall–Kier alpha value is -0.390.